The summed E-state index contributed by atoms with van der Waals surface area (Å²) < 4.78 is 7.36. The van der Waals surface area contributed by atoms with E-state index in [4.69, 9.17) is 9.84 Å². The summed E-state index contributed by atoms with van der Waals surface area (Å²) >= 11 is 0. The largest absolute Gasteiger partial charge is 0.478 e. The first kappa shape index (κ1) is 18.0. The number of carboxylic acids is 1. The number of nitrogens with zero attached hydrogens (tertiary/aromatic N) is 3. The molecule has 1 aliphatic heterocycles. The van der Waals surface area contributed by atoms with E-state index in [1.165, 1.54) is 5.69 Å². The first-order valence-electron chi connectivity index (χ1n) is 9.19. The molecular formula is C22H21N3O3. The Morgan fingerprint density at radius 2 is 1.64 bits per heavy atom. The first-order chi connectivity index (χ1) is 13.7. The van der Waals surface area contributed by atoms with Gasteiger partial charge in [-0.2, -0.15) is 0 Å². The van der Waals surface area contributed by atoms with Crippen LogP contribution in [0.3, 0.4) is 0 Å². The normalized spacial score (nSPS) is 14.5. The molecule has 1 N–H and O–H groups in total. The fourth-order valence-corrected chi connectivity index (χ4v) is 3.21. The number of benzene rings is 2. The zero-order valence-electron chi connectivity index (χ0n) is 15.4. The second-order valence-corrected chi connectivity index (χ2v) is 6.53. The van der Waals surface area contributed by atoms with E-state index in [1.54, 1.807) is 24.3 Å². The highest BCUT2D eigenvalue weighted by atomic mass is 16.5. The Morgan fingerprint density at radius 3 is 2.32 bits per heavy atom. The molecule has 28 heavy (non-hydrogen) atoms. The molecule has 142 valence electrons. The third kappa shape index (κ3) is 3.97. The van der Waals surface area contributed by atoms with Crippen molar-refractivity contribution < 1.29 is 14.6 Å². The van der Waals surface area contributed by atoms with E-state index in [1.807, 2.05) is 41.2 Å². The van der Waals surface area contributed by atoms with Crippen molar-refractivity contribution in [3.63, 3.8) is 0 Å². The van der Waals surface area contributed by atoms with Gasteiger partial charge in [-0.25, -0.2) is 4.79 Å². The summed E-state index contributed by atoms with van der Waals surface area (Å²) in [6.07, 6.45) is 3.74. The molecule has 4 rings (SSSR count). The molecule has 1 fully saturated rings. The number of hydrogen-bond donors (Lipinski definition) is 1. The van der Waals surface area contributed by atoms with E-state index in [2.05, 4.69) is 22.0 Å². The van der Waals surface area contributed by atoms with Crippen molar-refractivity contribution in [2.24, 2.45) is 4.99 Å². The molecule has 0 atom stereocenters. The van der Waals surface area contributed by atoms with Gasteiger partial charge in [-0.05, 0) is 60.7 Å². The van der Waals surface area contributed by atoms with Crippen molar-refractivity contribution in [3.8, 4) is 5.69 Å². The molecule has 0 saturated carbocycles. The van der Waals surface area contributed by atoms with Gasteiger partial charge in [-0.1, -0.05) is 0 Å². The van der Waals surface area contributed by atoms with Gasteiger partial charge in [0.1, 0.15) is 0 Å². The van der Waals surface area contributed by atoms with E-state index in [0.29, 0.717) is 0 Å². The molecule has 0 spiro atoms. The first-order valence-corrected chi connectivity index (χ1v) is 9.19. The smallest absolute Gasteiger partial charge is 0.335 e. The average Bonchev–Trinajstić information content (AvgIpc) is 3.22. The van der Waals surface area contributed by atoms with Crippen LogP contribution in [0.25, 0.3) is 5.69 Å². The van der Waals surface area contributed by atoms with Crippen LogP contribution in [-0.2, 0) is 4.74 Å². The van der Waals surface area contributed by atoms with Crippen molar-refractivity contribution in [1.29, 1.82) is 0 Å². The van der Waals surface area contributed by atoms with Crippen LogP contribution in [0, 0.1) is 0 Å². The van der Waals surface area contributed by atoms with Crippen LogP contribution < -0.4 is 4.90 Å². The van der Waals surface area contributed by atoms with Crippen LogP contribution in [0.2, 0.25) is 0 Å². The number of morpholine rings is 1. The minimum absolute atomic E-state index is 0.270. The van der Waals surface area contributed by atoms with Crippen molar-refractivity contribution in [2.75, 3.05) is 31.2 Å². The van der Waals surface area contributed by atoms with Gasteiger partial charge in [0, 0.05) is 30.7 Å². The Hall–Kier alpha value is -3.38. The molecular weight excluding hydrogens is 354 g/mol. The average molecular weight is 375 g/mol. The second-order valence-electron chi connectivity index (χ2n) is 6.53. The number of hydrogen-bond acceptors (Lipinski definition) is 4. The molecule has 2 aromatic carbocycles. The lowest BCUT2D eigenvalue weighted by Gasteiger charge is -2.28. The van der Waals surface area contributed by atoms with Gasteiger partial charge in [0.25, 0.3) is 0 Å². The number of rotatable bonds is 5. The molecule has 0 amide bonds. The fourth-order valence-electron chi connectivity index (χ4n) is 3.21. The Morgan fingerprint density at radius 1 is 0.964 bits per heavy atom. The summed E-state index contributed by atoms with van der Waals surface area (Å²) in [6, 6.07) is 18.9. The number of aromatic nitrogens is 1. The highest BCUT2D eigenvalue weighted by molar-refractivity contribution is 5.88. The fraction of sp³-hybridized carbons (Fsp3) is 0.182. The maximum atomic E-state index is 11.0. The number of ether oxygens (including phenoxy) is 1. The van der Waals surface area contributed by atoms with Crippen molar-refractivity contribution >= 4 is 23.6 Å². The highest BCUT2D eigenvalue weighted by Crippen LogP contribution is 2.21. The molecule has 0 radical (unpaired) electrons. The quantitative estimate of drug-likeness (QED) is 0.690. The number of carboxylic acid groups (broad SMARTS) is 1. The highest BCUT2D eigenvalue weighted by Gasteiger charge is 2.10. The minimum Gasteiger partial charge on any atom is -0.478 e. The zero-order chi connectivity index (χ0) is 19.3. The SMILES string of the molecule is O=C(O)c1ccc(-n2cccc2C=Nc2ccc(N3CCOCC3)cc2)cc1. The van der Waals surface area contributed by atoms with E-state index >= 15 is 0 Å². The van der Waals surface area contributed by atoms with Crippen molar-refractivity contribution in [2.45, 2.75) is 0 Å². The molecule has 6 heteroatoms. The van der Waals surface area contributed by atoms with Gasteiger partial charge in [0.05, 0.1) is 36.4 Å². The van der Waals surface area contributed by atoms with Crippen LogP contribution in [0.5, 0.6) is 0 Å². The van der Waals surface area contributed by atoms with Crippen LogP contribution in [-0.4, -0.2) is 48.2 Å². The maximum Gasteiger partial charge on any atom is 0.335 e. The van der Waals surface area contributed by atoms with Crippen molar-refractivity contribution in [3.05, 3.63) is 78.1 Å². The molecule has 1 aliphatic rings. The lowest BCUT2D eigenvalue weighted by atomic mass is 10.2. The molecule has 0 unspecified atom stereocenters. The molecule has 3 aromatic rings. The van der Waals surface area contributed by atoms with Gasteiger partial charge in [-0.15, -0.1) is 0 Å². The van der Waals surface area contributed by atoms with E-state index < -0.39 is 5.97 Å². The topological polar surface area (TPSA) is 67.1 Å². The second kappa shape index (κ2) is 8.10. The van der Waals surface area contributed by atoms with Gasteiger partial charge < -0.3 is 19.3 Å². The minimum atomic E-state index is -0.929. The van der Waals surface area contributed by atoms with E-state index in [9.17, 15) is 4.79 Å². The predicted octanol–water partition coefficient (Wildman–Crippen LogP) is 3.76. The Kier molecular flexibility index (Phi) is 5.21. The lowest BCUT2D eigenvalue weighted by Crippen LogP contribution is -2.36. The molecule has 1 saturated heterocycles. The third-order valence-corrected chi connectivity index (χ3v) is 4.74. The van der Waals surface area contributed by atoms with Crippen LogP contribution in [0.1, 0.15) is 16.1 Å². The number of anilines is 1. The van der Waals surface area contributed by atoms with Crippen LogP contribution in [0.4, 0.5) is 11.4 Å². The van der Waals surface area contributed by atoms with Gasteiger partial charge in [0.2, 0.25) is 0 Å². The summed E-state index contributed by atoms with van der Waals surface area (Å²) in [6.45, 7) is 3.36. The molecule has 1 aromatic heterocycles. The third-order valence-electron chi connectivity index (χ3n) is 4.74. The number of aromatic carboxylic acids is 1. The predicted molar refractivity (Wildman–Crippen MR) is 109 cm³/mol. The summed E-state index contributed by atoms with van der Waals surface area (Å²) in [5.74, 6) is -0.929. The summed E-state index contributed by atoms with van der Waals surface area (Å²) in [4.78, 5) is 17.9. The zero-order valence-corrected chi connectivity index (χ0v) is 15.4. The molecule has 0 bridgehead atoms. The summed E-state index contributed by atoms with van der Waals surface area (Å²) in [5.41, 5.74) is 4.14. The molecule has 2 heterocycles. The summed E-state index contributed by atoms with van der Waals surface area (Å²) in [7, 11) is 0. The van der Waals surface area contributed by atoms with Gasteiger partial charge >= 0.3 is 5.97 Å². The van der Waals surface area contributed by atoms with Crippen molar-refractivity contribution in [1.82, 2.24) is 4.57 Å². The summed E-state index contributed by atoms with van der Waals surface area (Å²) in [5, 5.41) is 9.04. The van der Waals surface area contributed by atoms with Gasteiger partial charge in [-0.3, -0.25) is 4.99 Å². The monoisotopic (exact) mass is 375 g/mol. The number of carbonyl (C=O) groups is 1. The van der Waals surface area contributed by atoms with Gasteiger partial charge in [0.15, 0.2) is 0 Å². The number of aliphatic imine (C=N–C) groups is 1. The lowest BCUT2D eigenvalue weighted by molar-refractivity contribution is 0.0697. The van der Waals surface area contributed by atoms with Crippen LogP contribution >= 0.6 is 0 Å². The Balaban J connectivity index is 1.49. The Labute approximate surface area is 163 Å². The molecule has 0 aliphatic carbocycles. The Bertz CT molecular complexity index is 969. The van der Waals surface area contributed by atoms with Crippen LogP contribution in [0.15, 0.2) is 71.9 Å². The molecule has 6 nitrogen and oxygen atoms in total. The van der Waals surface area contributed by atoms with E-state index in [0.717, 1.165) is 43.4 Å². The maximum absolute atomic E-state index is 11.0. The standard InChI is InChI=1S/C22H21N3O3/c26-22(27)17-3-7-20(8-4-17)25-11-1-2-21(25)16-23-18-5-9-19(10-6-18)24-12-14-28-15-13-24/h1-11,16H,12-15H2,(H,26,27). The van der Waals surface area contributed by atoms with E-state index in [-0.39, 0.29) is 5.56 Å².